The van der Waals surface area contributed by atoms with E-state index >= 15 is 0 Å². The van der Waals surface area contributed by atoms with E-state index in [1.165, 1.54) is 6.92 Å². The Bertz CT molecular complexity index is 855. The number of nitrogens with zero attached hydrogens (tertiary/aromatic N) is 5. The molecule has 0 fully saturated rings. The van der Waals surface area contributed by atoms with Crippen LogP contribution in [0.25, 0.3) is 0 Å². The SMILES string of the molecule is Cc1c([N+](=O)[O-])cc(NC(=O)Cn2cc([N+](=O)[O-])cn2)cc1[N+](=O)[O-]. The van der Waals surface area contributed by atoms with Crippen LogP contribution in [0.15, 0.2) is 24.5 Å². The van der Waals surface area contributed by atoms with Gasteiger partial charge in [-0.2, -0.15) is 5.10 Å². The Hall–Kier alpha value is -3.90. The molecular formula is C12H10N6O7. The molecular weight excluding hydrogens is 340 g/mol. The summed E-state index contributed by atoms with van der Waals surface area (Å²) in [6.45, 7) is 0.814. The van der Waals surface area contributed by atoms with Crippen LogP contribution in [0.3, 0.4) is 0 Å². The van der Waals surface area contributed by atoms with Gasteiger partial charge >= 0.3 is 5.69 Å². The number of amides is 1. The highest BCUT2D eigenvalue weighted by Crippen LogP contribution is 2.31. The van der Waals surface area contributed by atoms with Crippen molar-refractivity contribution in [2.24, 2.45) is 0 Å². The predicted octanol–water partition coefficient (Wildman–Crippen LogP) is 1.55. The first kappa shape index (κ1) is 17.5. The minimum Gasteiger partial charge on any atom is -0.324 e. The van der Waals surface area contributed by atoms with Gasteiger partial charge in [0.05, 0.1) is 20.5 Å². The van der Waals surface area contributed by atoms with Crippen LogP contribution in [0.2, 0.25) is 0 Å². The van der Waals surface area contributed by atoms with Gasteiger partial charge in [-0.25, -0.2) is 0 Å². The molecule has 1 aromatic carbocycles. The molecule has 1 heterocycles. The van der Waals surface area contributed by atoms with Gasteiger partial charge in [0.25, 0.3) is 11.4 Å². The standard InChI is InChI=1S/C12H10N6O7/c1-7-10(17(22)23)2-8(3-11(7)18(24)25)14-12(19)6-15-5-9(4-13-15)16(20)21/h2-5H,6H2,1H3,(H,14,19). The minimum atomic E-state index is -0.797. The van der Waals surface area contributed by atoms with Crippen LogP contribution in [0.4, 0.5) is 22.7 Å². The predicted molar refractivity (Wildman–Crippen MR) is 82.0 cm³/mol. The van der Waals surface area contributed by atoms with Gasteiger partial charge in [0.2, 0.25) is 5.91 Å². The highest BCUT2D eigenvalue weighted by atomic mass is 16.6. The summed E-state index contributed by atoms with van der Waals surface area (Å²) in [5.74, 6) is -0.717. The molecule has 0 aliphatic heterocycles. The van der Waals surface area contributed by atoms with Crippen LogP contribution < -0.4 is 5.32 Å². The van der Waals surface area contributed by atoms with Crippen LogP contribution in [0.1, 0.15) is 5.56 Å². The summed E-state index contributed by atoms with van der Waals surface area (Å²) < 4.78 is 0.991. The fraction of sp³-hybridized carbons (Fsp3) is 0.167. The van der Waals surface area contributed by atoms with E-state index in [-0.39, 0.29) is 16.9 Å². The lowest BCUT2D eigenvalue weighted by molar-refractivity contribution is -0.395. The number of carbonyl (C=O) groups excluding carboxylic acids is 1. The second-order valence-electron chi connectivity index (χ2n) is 4.86. The minimum absolute atomic E-state index is 0.143. The molecule has 2 aromatic rings. The topological polar surface area (TPSA) is 176 Å². The number of hydrogen-bond acceptors (Lipinski definition) is 8. The van der Waals surface area contributed by atoms with E-state index in [0.29, 0.717) is 0 Å². The number of carbonyl (C=O) groups is 1. The first-order chi connectivity index (χ1) is 11.7. The molecule has 0 radical (unpaired) electrons. The van der Waals surface area contributed by atoms with E-state index in [4.69, 9.17) is 0 Å². The van der Waals surface area contributed by atoms with Crippen molar-refractivity contribution >= 4 is 28.7 Å². The zero-order chi connectivity index (χ0) is 18.7. The van der Waals surface area contributed by atoms with Gasteiger partial charge in [0.1, 0.15) is 24.5 Å². The monoisotopic (exact) mass is 350 g/mol. The molecule has 0 aliphatic rings. The van der Waals surface area contributed by atoms with E-state index < -0.39 is 38.6 Å². The Morgan fingerprint density at radius 2 is 1.68 bits per heavy atom. The number of nitro groups is 3. The molecule has 2 rings (SSSR count). The highest BCUT2D eigenvalue weighted by molar-refractivity contribution is 5.91. The number of nitro benzene ring substituents is 2. The average Bonchev–Trinajstić information content (AvgIpc) is 2.96. The van der Waals surface area contributed by atoms with E-state index in [0.717, 1.165) is 29.2 Å². The number of benzene rings is 1. The quantitative estimate of drug-likeness (QED) is 0.602. The molecule has 0 saturated heterocycles. The molecule has 0 aliphatic carbocycles. The number of nitrogens with one attached hydrogen (secondary N) is 1. The molecule has 0 unspecified atom stereocenters. The fourth-order valence-corrected chi connectivity index (χ4v) is 2.02. The summed E-state index contributed by atoms with van der Waals surface area (Å²) in [6.07, 6.45) is 1.98. The summed E-state index contributed by atoms with van der Waals surface area (Å²) in [4.78, 5) is 42.2. The maximum absolute atomic E-state index is 11.9. The van der Waals surface area contributed by atoms with Crippen molar-refractivity contribution in [3.63, 3.8) is 0 Å². The number of anilines is 1. The molecule has 130 valence electrons. The van der Waals surface area contributed by atoms with Crippen molar-refractivity contribution in [3.8, 4) is 0 Å². The fourth-order valence-electron chi connectivity index (χ4n) is 2.02. The number of hydrogen-bond donors (Lipinski definition) is 1. The van der Waals surface area contributed by atoms with Crippen LogP contribution >= 0.6 is 0 Å². The van der Waals surface area contributed by atoms with Crippen LogP contribution in [0, 0.1) is 37.3 Å². The number of rotatable bonds is 6. The highest BCUT2D eigenvalue weighted by Gasteiger charge is 2.24. The summed E-state index contributed by atoms with van der Waals surface area (Å²) in [6, 6.07) is 1.98. The molecule has 1 N–H and O–H groups in total. The van der Waals surface area contributed by atoms with Gasteiger partial charge in [-0.15, -0.1) is 0 Å². The van der Waals surface area contributed by atoms with Crippen molar-refractivity contribution in [2.45, 2.75) is 13.5 Å². The van der Waals surface area contributed by atoms with Crippen molar-refractivity contribution < 1.29 is 19.6 Å². The van der Waals surface area contributed by atoms with E-state index in [2.05, 4.69) is 10.4 Å². The average molecular weight is 350 g/mol. The Morgan fingerprint density at radius 1 is 1.12 bits per heavy atom. The second-order valence-corrected chi connectivity index (χ2v) is 4.86. The zero-order valence-electron chi connectivity index (χ0n) is 12.6. The Kier molecular flexibility index (Phi) is 4.67. The molecule has 1 amide bonds. The van der Waals surface area contributed by atoms with Gasteiger partial charge in [-0.1, -0.05) is 0 Å². The van der Waals surface area contributed by atoms with Gasteiger partial charge in [0, 0.05) is 12.1 Å². The largest absolute Gasteiger partial charge is 0.324 e. The molecule has 0 atom stereocenters. The maximum atomic E-state index is 11.9. The molecule has 13 heteroatoms. The van der Waals surface area contributed by atoms with E-state index in [1.807, 2.05) is 0 Å². The molecule has 0 saturated carbocycles. The summed E-state index contributed by atoms with van der Waals surface area (Å²) in [5.41, 5.74) is -1.63. The maximum Gasteiger partial charge on any atom is 0.307 e. The summed E-state index contributed by atoms with van der Waals surface area (Å²) in [5, 5.41) is 38.4. The molecule has 0 bridgehead atoms. The third-order valence-corrected chi connectivity index (χ3v) is 3.17. The van der Waals surface area contributed by atoms with Gasteiger partial charge in [-0.05, 0) is 6.92 Å². The Labute approximate surface area is 138 Å². The van der Waals surface area contributed by atoms with Crippen molar-refractivity contribution in [3.05, 3.63) is 60.4 Å². The Morgan fingerprint density at radius 3 is 2.12 bits per heavy atom. The zero-order valence-corrected chi connectivity index (χ0v) is 12.6. The lowest BCUT2D eigenvalue weighted by atomic mass is 10.1. The van der Waals surface area contributed by atoms with Gasteiger partial charge in [-0.3, -0.25) is 39.8 Å². The van der Waals surface area contributed by atoms with Crippen molar-refractivity contribution in [1.82, 2.24) is 9.78 Å². The molecule has 13 nitrogen and oxygen atoms in total. The van der Waals surface area contributed by atoms with Gasteiger partial charge < -0.3 is 5.32 Å². The number of aromatic nitrogens is 2. The normalized spacial score (nSPS) is 10.3. The lowest BCUT2D eigenvalue weighted by Gasteiger charge is -2.07. The van der Waals surface area contributed by atoms with Crippen LogP contribution in [0.5, 0.6) is 0 Å². The van der Waals surface area contributed by atoms with Crippen molar-refractivity contribution in [2.75, 3.05) is 5.32 Å². The third-order valence-electron chi connectivity index (χ3n) is 3.17. The Balaban J connectivity index is 2.23. The molecule has 25 heavy (non-hydrogen) atoms. The third kappa shape index (κ3) is 3.90. The first-order valence-corrected chi connectivity index (χ1v) is 6.59. The second kappa shape index (κ2) is 6.69. The van der Waals surface area contributed by atoms with Crippen molar-refractivity contribution in [1.29, 1.82) is 0 Å². The lowest BCUT2D eigenvalue weighted by Crippen LogP contribution is -2.19. The smallest absolute Gasteiger partial charge is 0.307 e. The molecule has 0 spiro atoms. The first-order valence-electron chi connectivity index (χ1n) is 6.59. The molecule has 1 aromatic heterocycles. The van der Waals surface area contributed by atoms with Crippen LogP contribution in [-0.2, 0) is 11.3 Å². The van der Waals surface area contributed by atoms with Crippen LogP contribution in [-0.4, -0.2) is 30.5 Å². The van der Waals surface area contributed by atoms with E-state index in [1.54, 1.807) is 0 Å². The summed E-state index contributed by atoms with van der Waals surface area (Å²) in [7, 11) is 0. The van der Waals surface area contributed by atoms with E-state index in [9.17, 15) is 35.1 Å². The summed E-state index contributed by atoms with van der Waals surface area (Å²) >= 11 is 0. The van der Waals surface area contributed by atoms with Gasteiger partial charge in [0.15, 0.2) is 0 Å².